The lowest BCUT2D eigenvalue weighted by molar-refractivity contribution is -0.144. The van der Waals surface area contributed by atoms with Crippen LogP contribution in [0.5, 0.6) is 0 Å². The van der Waals surface area contributed by atoms with E-state index in [9.17, 15) is 68.1 Å². The molecule has 0 aromatic rings. The summed E-state index contributed by atoms with van der Waals surface area (Å²) < 4.78 is 21.2. The molecule has 0 aromatic carbocycles. The van der Waals surface area contributed by atoms with Gasteiger partial charge < -0.3 is 76.6 Å². The molecule has 0 aliphatic heterocycles. The van der Waals surface area contributed by atoms with E-state index in [1.54, 1.807) is 7.05 Å². The van der Waals surface area contributed by atoms with Gasteiger partial charge in [-0.3, -0.25) is 38.4 Å². The first-order valence-corrected chi connectivity index (χ1v) is 27.9. The number of aliphatic carboxylic acids is 4. The highest BCUT2D eigenvalue weighted by Crippen LogP contribution is 2.14. The minimum Gasteiger partial charge on any atom is -0.481 e. The lowest BCUT2D eigenvalue weighted by atomic mass is 10.0. The molecule has 0 radical (unpaired) electrons. The molecule has 11 N–H and O–H groups in total. The van der Waals surface area contributed by atoms with Gasteiger partial charge in [0.25, 0.3) is 0 Å². The second kappa shape index (κ2) is 49.2. The zero-order chi connectivity index (χ0) is 58.9. The molecule has 0 rings (SSSR count). The van der Waals surface area contributed by atoms with Crippen LogP contribution in [0.1, 0.15) is 167 Å². The first-order valence-electron chi connectivity index (χ1n) is 27.9. The molecule has 0 heterocycles. The van der Waals surface area contributed by atoms with E-state index < -0.39 is 78.7 Å². The van der Waals surface area contributed by atoms with Gasteiger partial charge in [0, 0.05) is 51.7 Å². The molecule has 26 heteroatoms. The fourth-order valence-corrected chi connectivity index (χ4v) is 7.83. The van der Waals surface area contributed by atoms with Gasteiger partial charge in [-0.15, -0.1) is 0 Å². The van der Waals surface area contributed by atoms with Crippen LogP contribution in [-0.2, 0) is 71.7 Å². The van der Waals surface area contributed by atoms with Crippen molar-refractivity contribution in [2.75, 3.05) is 79.5 Å². The molecule has 1 unspecified atom stereocenters. The van der Waals surface area contributed by atoms with Crippen LogP contribution in [-0.4, -0.2) is 189 Å². The Hall–Kier alpha value is -5.83. The highest BCUT2D eigenvalue weighted by Gasteiger charge is 2.25. The number of hydrogen-bond donors (Lipinski definition) is 11. The largest absolute Gasteiger partial charge is 0.481 e. The van der Waals surface area contributed by atoms with Crippen molar-refractivity contribution >= 4 is 65.1 Å². The molecule has 0 saturated heterocycles. The topological polar surface area (TPSA) is 390 Å². The lowest BCUT2D eigenvalue weighted by Crippen LogP contribution is -2.45. The third kappa shape index (κ3) is 45.7. The van der Waals surface area contributed by atoms with Crippen LogP contribution < -0.4 is 37.2 Å². The number of hydrogen-bond acceptors (Lipinski definition) is 16. The maximum Gasteiger partial charge on any atom is 0.326 e. The predicted octanol–water partition coefficient (Wildman–Crippen LogP) is 2.12. The zero-order valence-electron chi connectivity index (χ0n) is 46.7. The number of carboxylic acids is 4. The standard InChI is InChI=1S/C53H93N7O19/c1-39(61)40(54-2)19-17-18-28-55-48(66)37-78-35-33-76-31-29-57-45(63)26-23-42(52(72)73)59-47(65)27-24-43(53(74)75)60-49(67)38-79-36-34-77-32-30-56-44(62)25-22-41(51(70)71)58-46(64)20-15-13-11-9-7-5-3-4-6-8-10-12-14-16-21-50(68)69/h40-43,54H,3-38H2,1-2H3,(H,55,66)(H,56,62)(H,57,63)(H,58,64)(H,59,65)(H,60,67)(H,68,69)(H,70,71)(H,72,73)(H,74,75)/t40-,41?,42-,43-/m0/s1. The Bertz CT molecular complexity index is 1790. The van der Waals surface area contributed by atoms with Gasteiger partial charge in [-0.05, 0) is 65.3 Å². The number of ether oxygens (including phenoxy) is 4. The Morgan fingerprint density at radius 2 is 0.696 bits per heavy atom. The third-order valence-electron chi connectivity index (χ3n) is 12.4. The SMILES string of the molecule is CN[C@@H](CCCCNC(=O)COCCOCCNC(=O)CC[C@H](NC(=O)CC[C@H](NC(=O)COCCOCCNC(=O)CCC(NC(=O)CCCCCCCCCCCCCCCCC(=O)O)C(=O)O)C(=O)O)C(=O)O)C(C)=O. The lowest BCUT2D eigenvalue weighted by Gasteiger charge is -2.17. The molecule has 26 nitrogen and oxygen atoms in total. The van der Waals surface area contributed by atoms with Gasteiger partial charge in [-0.1, -0.05) is 77.0 Å². The monoisotopic (exact) mass is 1130 g/mol. The zero-order valence-corrected chi connectivity index (χ0v) is 46.7. The molecule has 0 spiro atoms. The van der Waals surface area contributed by atoms with Crippen molar-refractivity contribution in [3.8, 4) is 0 Å². The summed E-state index contributed by atoms with van der Waals surface area (Å²) in [6, 6.07) is -4.37. The Balaban J connectivity index is 4.11. The normalized spacial score (nSPS) is 12.5. The maximum atomic E-state index is 12.5. The van der Waals surface area contributed by atoms with Gasteiger partial charge in [-0.25, -0.2) is 14.4 Å². The van der Waals surface area contributed by atoms with E-state index in [2.05, 4.69) is 37.2 Å². The minimum atomic E-state index is -1.51. The average Bonchev–Trinajstić information content (AvgIpc) is 3.39. The molecular formula is C53H93N7O19. The van der Waals surface area contributed by atoms with Crippen LogP contribution in [0, 0.1) is 0 Å². The molecule has 0 saturated carbocycles. The Kier molecular flexibility index (Phi) is 45.6. The highest BCUT2D eigenvalue weighted by atomic mass is 16.5. The predicted molar refractivity (Wildman–Crippen MR) is 288 cm³/mol. The summed E-state index contributed by atoms with van der Waals surface area (Å²) in [4.78, 5) is 131. The second-order valence-corrected chi connectivity index (χ2v) is 19.2. The van der Waals surface area contributed by atoms with Gasteiger partial charge in [0.05, 0.1) is 45.7 Å². The summed E-state index contributed by atoms with van der Waals surface area (Å²) in [6.07, 6.45) is 15.6. The number of carbonyl (C=O) groups is 11. The van der Waals surface area contributed by atoms with E-state index in [0.717, 1.165) is 64.2 Å². The van der Waals surface area contributed by atoms with E-state index in [1.165, 1.54) is 39.0 Å². The van der Waals surface area contributed by atoms with Crippen molar-refractivity contribution in [1.82, 2.24) is 37.2 Å². The van der Waals surface area contributed by atoms with Crippen LogP contribution >= 0.6 is 0 Å². The second-order valence-electron chi connectivity index (χ2n) is 19.2. The van der Waals surface area contributed by atoms with Crippen LogP contribution in [0.15, 0.2) is 0 Å². The van der Waals surface area contributed by atoms with Gasteiger partial charge in [0.1, 0.15) is 37.1 Å². The van der Waals surface area contributed by atoms with Crippen molar-refractivity contribution in [2.24, 2.45) is 0 Å². The number of amides is 6. The van der Waals surface area contributed by atoms with Crippen molar-refractivity contribution < 1.29 is 92.1 Å². The molecule has 0 aromatic heterocycles. The number of ketones is 1. The molecule has 6 amide bonds. The highest BCUT2D eigenvalue weighted by molar-refractivity contribution is 5.87. The average molecular weight is 1130 g/mol. The first-order chi connectivity index (χ1) is 37.9. The van der Waals surface area contributed by atoms with E-state index in [4.69, 9.17) is 24.1 Å². The summed E-state index contributed by atoms with van der Waals surface area (Å²) >= 11 is 0. The van der Waals surface area contributed by atoms with Gasteiger partial charge in [-0.2, -0.15) is 0 Å². The molecular weight excluding hydrogens is 1040 g/mol. The Morgan fingerprint density at radius 3 is 1.10 bits per heavy atom. The van der Waals surface area contributed by atoms with Crippen LogP contribution in [0.25, 0.3) is 0 Å². The number of Topliss-reactive ketones (excluding diaryl/α,β-unsaturated/α-hetero) is 1. The van der Waals surface area contributed by atoms with Crippen LogP contribution in [0.3, 0.4) is 0 Å². The summed E-state index contributed by atoms with van der Waals surface area (Å²) in [5, 5.41) is 55.2. The molecule has 79 heavy (non-hydrogen) atoms. The fraction of sp³-hybridized carbons (Fsp3) is 0.792. The molecule has 0 aliphatic rings. The van der Waals surface area contributed by atoms with Crippen LogP contribution in [0.4, 0.5) is 0 Å². The van der Waals surface area contributed by atoms with Crippen molar-refractivity contribution in [3.63, 3.8) is 0 Å². The Morgan fingerprint density at radius 1 is 0.342 bits per heavy atom. The van der Waals surface area contributed by atoms with Crippen LogP contribution in [0.2, 0.25) is 0 Å². The number of carboxylic acid groups (broad SMARTS) is 4. The number of likely N-dealkylation sites (N-methyl/N-ethyl adjacent to an activating group) is 1. The number of nitrogens with one attached hydrogen (secondary N) is 7. The third-order valence-corrected chi connectivity index (χ3v) is 12.4. The first kappa shape index (κ1) is 73.2. The Labute approximate surface area is 464 Å². The number of unbranched alkanes of at least 4 members (excludes halogenated alkanes) is 14. The van der Waals surface area contributed by atoms with Crippen molar-refractivity contribution in [1.29, 1.82) is 0 Å². The maximum absolute atomic E-state index is 12.5. The van der Waals surface area contributed by atoms with Gasteiger partial charge in [0.2, 0.25) is 35.4 Å². The quantitative estimate of drug-likeness (QED) is 0.0389. The fourth-order valence-electron chi connectivity index (χ4n) is 7.83. The van der Waals surface area contributed by atoms with E-state index in [0.29, 0.717) is 19.4 Å². The van der Waals surface area contributed by atoms with Crippen molar-refractivity contribution in [3.05, 3.63) is 0 Å². The molecule has 0 aliphatic carbocycles. The van der Waals surface area contributed by atoms with E-state index >= 15 is 0 Å². The molecule has 0 fully saturated rings. The summed E-state index contributed by atoms with van der Waals surface area (Å²) in [6.45, 7) is 1.86. The van der Waals surface area contributed by atoms with E-state index in [1.807, 2.05) is 0 Å². The molecule has 454 valence electrons. The summed E-state index contributed by atoms with van der Waals surface area (Å²) in [5.41, 5.74) is 0. The van der Waals surface area contributed by atoms with E-state index in [-0.39, 0.29) is 128 Å². The number of rotatable bonds is 55. The number of carbonyl (C=O) groups excluding carboxylic acids is 7. The van der Waals surface area contributed by atoms with Gasteiger partial charge in [0.15, 0.2) is 0 Å². The van der Waals surface area contributed by atoms with Crippen molar-refractivity contribution in [2.45, 2.75) is 192 Å². The summed E-state index contributed by atoms with van der Waals surface area (Å²) in [7, 11) is 1.73. The minimum absolute atomic E-state index is 0.00699. The van der Waals surface area contributed by atoms with Gasteiger partial charge >= 0.3 is 23.9 Å². The smallest absolute Gasteiger partial charge is 0.326 e. The molecule has 0 bridgehead atoms. The molecule has 4 atom stereocenters. The summed E-state index contributed by atoms with van der Waals surface area (Å²) in [5.74, 6) is -8.01.